The largest absolute Gasteiger partial charge is 0.370 e. The molecule has 2 aromatic rings. The van der Waals surface area contributed by atoms with Crippen molar-refractivity contribution in [3.63, 3.8) is 0 Å². The first-order chi connectivity index (χ1) is 13.6. The number of anilines is 1. The summed E-state index contributed by atoms with van der Waals surface area (Å²) >= 11 is 6.77. The Balaban J connectivity index is 1.76. The van der Waals surface area contributed by atoms with E-state index < -0.39 is 0 Å². The van der Waals surface area contributed by atoms with Gasteiger partial charge in [-0.3, -0.25) is 18.9 Å². The van der Waals surface area contributed by atoms with Gasteiger partial charge in [0.1, 0.15) is 15.8 Å². The molecule has 0 spiro atoms. The van der Waals surface area contributed by atoms with Gasteiger partial charge >= 0.3 is 0 Å². The minimum absolute atomic E-state index is 0.0955. The summed E-state index contributed by atoms with van der Waals surface area (Å²) in [7, 11) is 0. The third kappa shape index (κ3) is 3.46. The Kier molecular flexibility index (Phi) is 5.50. The minimum atomic E-state index is -0.204. The van der Waals surface area contributed by atoms with Gasteiger partial charge in [-0.15, -0.1) is 0 Å². The highest BCUT2D eigenvalue weighted by Crippen LogP contribution is 2.37. The molecule has 1 aliphatic heterocycles. The average Bonchev–Trinajstić information content (AvgIpc) is 2.99. The Morgan fingerprint density at radius 2 is 2.07 bits per heavy atom. The van der Waals surface area contributed by atoms with E-state index in [0.717, 1.165) is 25.7 Å². The number of hydrogen-bond donors (Lipinski definition) is 1. The van der Waals surface area contributed by atoms with Crippen molar-refractivity contribution in [1.29, 1.82) is 0 Å². The number of fused-ring (bicyclic) bond motifs is 1. The summed E-state index contributed by atoms with van der Waals surface area (Å²) in [6, 6.07) is 5.59. The van der Waals surface area contributed by atoms with E-state index in [-0.39, 0.29) is 17.5 Å². The van der Waals surface area contributed by atoms with Gasteiger partial charge in [-0.2, -0.15) is 0 Å². The molecule has 0 atom stereocenters. The van der Waals surface area contributed by atoms with Gasteiger partial charge in [0.25, 0.3) is 11.5 Å². The highest BCUT2D eigenvalue weighted by molar-refractivity contribution is 8.26. The van der Waals surface area contributed by atoms with E-state index in [2.05, 4.69) is 10.3 Å². The van der Waals surface area contributed by atoms with Crippen LogP contribution in [0.2, 0.25) is 0 Å². The Morgan fingerprint density at radius 3 is 2.82 bits per heavy atom. The summed E-state index contributed by atoms with van der Waals surface area (Å²) < 4.78 is 2.08. The number of amides is 1. The fraction of sp³-hybridized carbons (Fsp3) is 0.400. The maximum atomic E-state index is 13.1. The molecule has 1 amide bonds. The number of thioether (sulfide) groups is 1. The van der Waals surface area contributed by atoms with Crippen LogP contribution in [0.15, 0.2) is 34.1 Å². The zero-order valence-corrected chi connectivity index (χ0v) is 17.3. The van der Waals surface area contributed by atoms with E-state index in [0.29, 0.717) is 32.8 Å². The zero-order valence-electron chi connectivity index (χ0n) is 15.7. The molecule has 2 aromatic heterocycles. The van der Waals surface area contributed by atoms with Gasteiger partial charge in [0, 0.05) is 18.8 Å². The maximum Gasteiger partial charge on any atom is 0.267 e. The van der Waals surface area contributed by atoms with Crippen LogP contribution in [-0.2, 0) is 4.79 Å². The van der Waals surface area contributed by atoms with Crippen molar-refractivity contribution in [3.05, 3.63) is 45.2 Å². The monoisotopic (exact) mass is 414 g/mol. The number of nitrogens with one attached hydrogen (secondary N) is 1. The van der Waals surface area contributed by atoms with Crippen LogP contribution < -0.4 is 10.9 Å². The van der Waals surface area contributed by atoms with Crippen LogP contribution in [0.1, 0.15) is 44.6 Å². The van der Waals surface area contributed by atoms with E-state index in [1.165, 1.54) is 22.6 Å². The lowest BCUT2D eigenvalue weighted by Gasteiger charge is -2.29. The summed E-state index contributed by atoms with van der Waals surface area (Å²) in [6.45, 7) is 2.57. The molecule has 1 saturated carbocycles. The van der Waals surface area contributed by atoms with Crippen molar-refractivity contribution in [2.24, 2.45) is 0 Å². The second kappa shape index (κ2) is 8.05. The van der Waals surface area contributed by atoms with Crippen molar-refractivity contribution in [3.8, 4) is 0 Å². The predicted octanol–water partition coefficient (Wildman–Crippen LogP) is 3.66. The van der Waals surface area contributed by atoms with Crippen molar-refractivity contribution in [2.45, 2.75) is 45.1 Å². The van der Waals surface area contributed by atoms with Crippen LogP contribution in [-0.4, -0.2) is 37.1 Å². The Morgan fingerprint density at radius 1 is 1.29 bits per heavy atom. The van der Waals surface area contributed by atoms with Crippen LogP contribution in [0.3, 0.4) is 0 Å². The van der Waals surface area contributed by atoms with Gasteiger partial charge in [0.05, 0.1) is 10.5 Å². The molecule has 4 rings (SSSR count). The van der Waals surface area contributed by atoms with Gasteiger partial charge in [-0.05, 0) is 38.0 Å². The normalized spacial score (nSPS) is 19.8. The van der Waals surface area contributed by atoms with Crippen molar-refractivity contribution >= 4 is 51.7 Å². The lowest BCUT2D eigenvalue weighted by Crippen LogP contribution is -2.39. The SMILES string of the molecule is CCNc1nc2ccccn2c(=O)c1/C=C1\SC(=S)N(C2CCCCC2)C1=O. The molecule has 0 bridgehead atoms. The van der Waals surface area contributed by atoms with Crippen molar-refractivity contribution in [2.75, 3.05) is 11.9 Å². The number of nitrogens with zero attached hydrogens (tertiary/aromatic N) is 3. The number of aromatic nitrogens is 2. The number of rotatable bonds is 4. The topological polar surface area (TPSA) is 66.7 Å². The summed E-state index contributed by atoms with van der Waals surface area (Å²) in [5.74, 6) is 0.392. The van der Waals surface area contributed by atoms with Gasteiger partial charge in [-0.1, -0.05) is 49.3 Å². The predicted molar refractivity (Wildman–Crippen MR) is 118 cm³/mol. The van der Waals surface area contributed by atoms with Crippen LogP contribution in [0, 0.1) is 0 Å². The Bertz CT molecular complexity index is 1020. The molecule has 0 radical (unpaired) electrons. The lowest BCUT2D eigenvalue weighted by molar-refractivity contribution is -0.124. The van der Waals surface area contributed by atoms with Crippen LogP contribution in [0.4, 0.5) is 5.82 Å². The van der Waals surface area contributed by atoms with E-state index in [1.54, 1.807) is 29.3 Å². The fourth-order valence-electron chi connectivity index (χ4n) is 3.80. The second-order valence-electron chi connectivity index (χ2n) is 6.98. The first-order valence-corrected chi connectivity index (χ1v) is 10.8. The van der Waals surface area contributed by atoms with Crippen molar-refractivity contribution in [1.82, 2.24) is 14.3 Å². The Hall–Kier alpha value is -2.19. The standard InChI is InChI=1S/C20H22N4O2S2/c1-2-21-17-14(18(25)23-11-7-6-10-16(23)22-17)12-15-19(26)24(20(27)28-15)13-8-4-3-5-9-13/h6-7,10-13,21H,2-5,8-9H2,1H3/b15-12-. The fourth-order valence-corrected chi connectivity index (χ4v) is 5.18. The zero-order chi connectivity index (χ0) is 19.7. The summed E-state index contributed by atoms with van der Waals surface area (Å²) in [4.78, 5) is 32.9. The molecular weight excluding hydrogens is 392 g/mol. The minimum Gasteiger partial charge on any atom is -0.370 e. The summed E-state index contributed by atoms with van der Waals surface area (Å²) in [5, 5.41) is 3.15. The number of thiocarbonyl (C=S) groups is 1. The maximum absolute atomic E-state index is 13.1. The first-order valence-electron chi connectivity index (χ1n) is 9.62. The number of carbonyl (C=O) groups is 1. The third-order valence-electron chi connectivity index (χ3n) is 5.15. The van der Waals surface area contributed by atoms with Gasteiger partial charge in [-0.25, -0.2) is 4.98 Å². The number of hydrogen-bond acceptors (Lipinski definition) is 6. The molecule has 146 valence electrons. The summed E-state index contributed by atoms with van der Waals surface area (Å²) in [6.07, 6.45) is 8.78. The molecule has 2 aliphatic rings. The van der Waals surface area contributed by atoms with Crippen LogP contribution in [0.25, 0.3) is 11.7 Å². The number of pyridine rings is 1. The van der Waals surface area contributed by atoms with E-state index in [4.69, 9.17) is 12.2 Å². The molecule has 0 unspecified atom stereocenters. The molecule has 28 heavy (non-hydrogen) atoms. The second-order valence-corrected chi connectivity index (χ2v) is 8.66. The third-order valence-corrected chi connectivity index (χ3v) is 6.48. The average molecular weight is 415 g/mol. The van der Waals surface area contributed by atoms with Crippen molar-refractivity contribution < 1.29 is 4.79 Å². The van der Waals surface area contributed by atoms with Gasteiger partial charge in [0.2, 0.25) is 0 Å². The molecule has 8 heteroatoms. The van der Waals surface area contributed by atoms with Crippen LogP contribution >= 0.6 is 24.0 Å². The molecule has 1 N–H and O–H groups in total. The lowest BCUT2D eigenvalue weighted by atomic mass is 9.94. The molecular formula is C20H22N4O2S2. The van der Waals surface area contributed by atoms with E-state index in [9.17, 15) is 9.59 Å². The van der Waals surface area contributed by atoms with Crippen LogP contribution in [0.5, 0.6) is 0 Å². The van der Waals surface area contributed by atoms with E-state index >= 15 is 0 Å². The highest BCUT2D eigenvalue weighted by Gasteiger charge is 2.37. The van der Waals surface area contributed by atoms with Gasteiger partial charge in [0.15, 0.2) is 0 Å². The summed E-state index contributed by atoms with van der Waals surface area (Å²) in [5.41, 5.74) is 0.745. The Labute approximate surface area is 173 Å². The van der Waals surface area contributed by atoms with E-state index in [1.807, 2.05) is 13.0 Å². The highest BCUT2D eigenvalue weighted by atomic mass is 32.2. The quantitative estimate of drug-likeness (QED) is 0.608. The first kappa shape index (κ1) is 19.1. The number of carbonyl (C=O) groups excluding carboxylic acids is 1. The molecule has 6 nitrogen and oxygen atoms in total. The van der Waals surface area contributed by atoms with Gasteiger partial charge < -0.3 is 5.32 Å². The molecule has 1 saturated heterocycles. The molecule has 2 fully saturated rings. The molecule has 1 aliphatic carbocycles. The molecule has 0 aromatic carbocycles. The smallest absolute Gasteiger partial charge is 0.267 e. The molecule has 3 heterocycles.